The molecule has 1 aromatic carbocycles. The van der Waals surface area contributed by atoms with Crippen molar-refractivity contribution in [1.29, 1.82) is 0 Å². The minimum Gasteiger partial charge on any atom is -0.370 e. The molecule has 0 spiro atoms. The molecule has 1 aliphatic heterocycles. The second-order valence-corrected chi connectivity index (χ2v) is 6.74. The highest BCUT2D eigenvalue weighted by molar-refractivity contribution is 14.0. The van der Waals surface area contributed by atoms with Crippen molar-refractivity contribution in [2.45, 2.75) is 33.2 Å². The van der Waals surface area contributed by atoms with Crippen LogP contribution in [0.1, 0.15) is 30.9 Å². The third kappa shape index (κ3) is 7.66. The number of likely N-dealkylation sites (tertiary alicyclic amines) is 1. The fourth-order valence-electron chi connectivity index (χ4n) is 2.83. The Morgan fingerprint density at radius 2 is 1.92 bits per heavy atom. The van der Waals surface area contributed by atoms with Gasteiger partial charge in [0.05, 0.1) is 6.54 Å². The van der Waals surface area contributed by atoms with E-state index in [2.05, 4.69) is 53.0 Å². The molecular weight excluding hydrogens is 411 g/mol. The molecule has 0 aromatic heterocycles. The van der Waals surface area contributed by atoms with E-state index in [1.165, 1.54) is 24.0 Å². The van der Waals surface area contributed by atoms with Crippen LogP contribution in [0.5, 0.6) is 0 Å². The van der Waals surface area contributed by atoms with Crippen LogP contribution in [-0.4, -0.2) is 37.0 Å². The van der Waals surface area contributed by atoms with Crippen LogP contribution in [0.15, 0.2) is 41.4 Å². The van der Waals surface area contributed by atoms with Crippen LogP contribution in [0, 0.1) is 12.8 Å². The van der Waals surface area contributed by atoms with E-state index >= 15 is 0 Å². The molecule has 134 valence electrons. The lowest BCUT2D eigenvalue weighted by molar-refractivity contribution is 0.178. The summed E-state index contributed by atoms with van der Waals surface area (Å²) in [6.07, 6.45) is 2.43. The number of hydrogen-bond donors (Lipinski definition) is 2. The van der Waals surface area contributed by atoms with Gasteiger partial charge in [-0.1, -0.05) is 42.0 Å². The van der Waals surface area contributed by atoms with Crippen molar-refractivity contribution >= 4 is 29.9 Å². The van der Waals surface area contributed by atoms with Gasteiger partial charge in [-0.3, -0.25) is 4.90 Å². The molecular formula is C19H31IN4. The summed E-state index contributed by atoms with van der Waals surface area (Å²) in [5.41, 5.74) is 9.62. The van der Waals surface area contributed by atoms with E-state index in [0.717, 1.165) is 31.8 Å². The second-order valence-electron chi connectivity index (χ2n) is 6.74. The van der Waals surface area contributed by atoms with Crippen LogP contribution in [-0.2, 0) is 6.54 Å². The molecule has 1 heterocycles. The molecule has 2 rings (SSSR count). The van der Waals surface area contributed by atoms with E-state index in [-0.39, 0.29) is 24.0 Å². The Morgan fingerprint density at radius 1 is 1.29 bits per heavy atom. The molecule has 1 aromatic rings. The number of aliphatic imine (C=N–C) groups is 1. The van der Waals surface area contributed by atoms with Gasteiger partial charge < -0.3 is 11.1 Å². The lowest BCUT2D eigenvalue weighted by atomic mass is 9.96. The Labute approximate surface area is 163 Å². The van der Waals surface area contributed by atoms with Gasteiger partial charge in [0, 0.05) is 13.1 Å². The maximum Gasteiger partial charge on any atom is 0.188 e. The smallest absolute Gasteiger partial charge is 0.188 e. The van der Waals surface area contributed by atoms with Crippen LogP contribution in [0.25, 0.3) is 0 Å². The first-order valence-electron chi connectivity index (χ1n) is 8.49. The number of hydrogen-bond acceptors (Lipinski definition) is 2. The minimum absolute atomic E-state index is 0. The maximum atomic E-state index is 5.87. The van der Waals surface area contributed by atoms with E-state index in [1.807, 2.05) is 6.92 Å². The third-order valence-electron chi connectivity index (χ3n) is 4.33. The van der Waals surface area contributed by atoms with Crippen LogP contribution in [0.3, 0.4) is 0 Å². The number of nitrogens with zero attached hydrogens (tertiary/aromatic N) is 2. The molecule has 4 nitrogen and oxygen atoms in total. The number of nitrogens with one attached hydrogen (secondary N) is 1. The fraction of sp³-hybridized carbons (Fsp3) is 0.526. The predicted molar refractivity (Wildman–Crippen MR) is 114 cm³/mol. The van der Waals surface area contributed by atoms with E-state index < -0.39 is 0 Å². The average Bonchev–Trinajstić information content (AvgIpc) is 2.54. The molecule has 0 radical (unpaired) electrons. The number of aryl methyl sites for hydroxylation is 1. The largest absolute Gasteiger partial charge is 0.370 e. The SMILES string of the molecule is C=C(C)CN=C(N)NCC1CCN(Cc2ccc(C)cc2)CC1.I. The van der Waals surface area contributed by atoms with Crippen molar-refractivity contribution in [3.63, 3.8) is 0 Å². The van der Waals surface area contributed by atoms with Gasteiger partial charge in [0.25, 0.3) is 0 Å². The second kappa shape index (κ2) is 10.7. The zero-order chi connectivity index (χ0) is 16.7. The van der Waals surface area contributed by atoms with Crippen LogP contribution in [0.4, 0.5) is 0 Å². The number of rotatable bonds is 6. The molecule has 0 saturated carbocycles. The quantitative estimate of drug-likeness (QED) is 0.308. The normalized spacial score (nSPS) is 16.5. The monoisotopic (exact) mass is 442 g/mol. The molecule has 3 N–H and O–H groups in total. The van der Waals surface area contributed by atoms with E-state index in [4.69, 9.17) is 5.73 Å². The van der Waals surface area contributed by atoms with E-state index in [9.17, 15) is 0 Å². The Kier molecular flexibility index (Phi) is 9.36. The molecule has 0 aliphatic carbocycles. The highest BCUT2D eigenvalue weighted by Gasteiger charge is 2.19. The molecule has 0 unspecified atom stereocenters. The van der Waals surface area contributed by atoms with Crippen molar-refractivity contribution in [3.05, 3.63) is 47.5 Å². The summed E-state index contributed by atoms with van der Waals surface area (Å²) < 4.78 is 0. The molecule has 0 bridgehead atoms. The molecule has 0 amide bonds. The van der Waals surface area contributed by atoms with Gasteiger partial charge in [0.15, 0.2) is 5.96 Å². The number of piperidine rings is 1. The van der Waals surface area contributed by atoms with E-state index in [1.54, 1.807) is 0 Å². The zero-order valence-corrected chi connectivity index (χ0v) is 17.3. The van der Waals surface area contributed by atoms with Crippen molar-refractivity contribution < 1.29 is 0 Å². The molecule has 24 heavy (non-hydrogen) atoms. The van der Waals surface area contributed by atoms with Gasteiger partial charge in [0.1, 0.15) is 0 Å². The first kappa shape index (κ1) is 21.0. The Balaban J connectivity index is 0.00000288. The van der Waals surface area contributed by atoms with Gasteiger partial charge in [-0.2, -0.15) is 0 Å². The summed E-state index contributed by atoms with van der Waals surface area (Å²) >= 11 is 0. The predicted octanol–water partition coefficient (Wildman–Crippen LogP) is 3.31. The van der Waals surface area contributed by atoms with Crippen molar-refractivity contribution in [2.75, 3.05) is 26.2 Å². The van der Waals surface area contributed by atoms with Gasteiger partial charge in [-0.05, 0) is 51.3 Å². The highest BCUT2D eigenvalue weighted by atomic mass is 127. The summed E-state index contributed by atoms with van der Waals surface area (Å²) in [5, 5.41) is 3.25. The number of guanidine groups is 1. The Morgan fingerprint density at radius 3 is 2.50 bits per heavy atom. The molecule has 1 fully saturated rings. The van der Waals surface area contributed by atoms with Gasteiger partial charge in [-0.25, -0.2) is 4.99 Å². The first-order valence-corrected chi connectivity index (χ1v) is 8.49. The third-order valence-corrected chi connectivity index (χ3v) is 4.33. The number of benzene rings is 1. The molecule has 1 aliphatic rings. The summed E-state index contributed by atoms with van der Waals surface area (Å²) in [5.74, 6) is 1.22. The van der Waals surface area contributed by atoms with Crippen molar-refractivity contribution in [1.82, 2.24) is 10.2 Å². The summed E-state index contributed by atoms with van der Waals surface area (Å²) in [6, 6.07) is 8.86. The minimum atomic E-state index is 0. The fourth-order valence-corrected chi connectivity index (χ4v) is 2.83. The molecule has 0 atom stereocenters. The van der Waals surface area contributed by atoms with Gasteiger partial charge >= 0.3 is 0 Å². The number of halogens is 1. The molecule has 1 saturated heterocycles. The highest BCUT2D eigenvalue weighted by Crippen LogP contribution is 2.18. The van der Waals surface area contributed by atoms with E-state index in [0.29, 0.717) is 18.4 Å². The summed E-state index contributed by atoms with van der Waals surface area (Å²) in [6.45, 7) is 12.8. The van der Waals surface area contributed by atoms with Crippen molar-refractivity contribution in [3.8, 4) is 0 Å². The zero-order valence-electron chi connectivity index (χ0n) is 14.9. The maximum absolute atomic E-state index is 5.87. The molecule has 5 heteroatoms. The Hall–Kier alpha value is -1.08. The summed E-state index contributed by atoms with van der Waals surface area (Å²) in [7, 11) is 0. The van der Waals surface area contributed by atoms with Crippen LogP contribution in [0.2, 0.25) is 0 Å². The summed E-state index contributed by atoms with van der Waals surface area (Å²) in [4.78, 5) is 6.80. The first-order chi connectivity index (χ1) is 11.0. The standard InChI is InChI=1S/C19H30N4.HI/c1-15(2)12-21-19(20)22-13-17-8-10-23(11-9-17)14-18-6-4-16(3)5-7-18;/h4-7,17H,1,8-14H2,2-3H3,(H3,20,21,22);1H. The van der Waals surface area contributed by atoms with Crippen molar-refractivity contribution in [2.24, 2.45) is 16.6 Å². The average molecular weight is 442 g/mol. The van der Waals surface area contributed by atoms with Crippen LogP contribution >= 0.6 is 24.0 Å². The lowest BCUT2D eigenvalue weighted by Gasteiger charge is -2.32. The van der Waals surface area contributed by atoms with Gasteiger partial charge in [-0.15, -0.1) is 24.0 Å². The van der Waals surface area contributed by atoms with Crippen LogP contribution < -0.4 is 11.1 Å². The number of nitrogens with two attached hydrogens (primary N) is 1. The Bertz CT molecular complexity index is 531. The topological polar surface area (TPSA) is 53.6 Å². The lowest BCUT2D eigenvalue weighted by Crippen LogP contribution is -2.40. The van der Waals surface area contributed by atoms with Gasteiger partial charge in [0.2, 0.25) is 0 Å².